The summed E-state index contributed by atoms with van der Waals surface area (Å²) in [5, 5.41) is 9.27. The van der Waals surface area contributed by atoms with Gasteiger partial charge in [-0.1, -0.05) is 6.07 Å². The Morgan fingerprint density at radius 2 is 2.04 bits per heavy atom. The Morgan fingerprint density at radius 3 is 2.72 bits per heavy atom. The molecule has 2 saturated heterocycles. The smallest absolute Gasteiger partial charge is 0.272 e. The molecule has 25 heavy (non-hydrogen) atoms. The second-order valence-corrected chi connectivity index (χ2v) is 7.29. The number of aliphatic hydroxyl groups is 1. The highest BCUT2D eigenvalue weighted by atomic mass is 16.3. The maximum atomic E-state index is 12.7. The lowest BCUT2D eigenvalue weighted by Crippen LogP contribution is -2.57. The molecule has 0 spiro atoms. The molecule has 0 bridgehead atoms. The first-order valence-corrected chi connectivity index (χ1v) is 9.43. The predicted molar refractivity (Wildman–Crippen MR) is 97.4 cm³/mol. The Kier molecular flexibility index (Phi) is 6.39. The van der Waals surface area contributed by atoms with Crippen LogP contribution in [0, 0.1) is 5.92 Å². The summed E-state index contributed by atoms with van der Waals surface area (Å²) in [6, 6.07) is 6.01. The number of likely N-dealkylation sites (tertiary alicyclic amines) is 1. The molecule has 2 aliphatic rings. The number of hydrogen-bond donors (Lipinski definition) is 1. The fraction of sp³-hybridized carbons (Fsp3) is 0.684. The number of aliphatic hydroxyl groups excluding tert-OH is 1. The Labute approximate surface area is 150 Å². The number of carbonyl (C=O) groups excluding carboxylic acids is 1. The first kappa shape index (κ1) is 18.3. The van der Waals surface area contributed by atoms with E-state index in [1.54, 1.807) is 12.3 Å². The zero-order chi connectivity index (χ0) is 17.6. The van der Waals surface area contributed by atoms with Gasteiger partial charge in [-0.3, -0.25) is 14.7 Å². The fourth-order valence-electron chi connectivity index (χ4n) is 4.13. The number of nitrogens with zero attached hydrogens (tertiary/aromatic N) is 4. The van der Waals surface area contributed by atoms with Gasteiger partial charge >= 0.3 is 0 Å². The van der Waals surface area contributed by atoms with Crippen LogP contribution in [0.1, 0.15) is 29.8 Å². The van der Waals surface area contributed by atoms with Crippen molar-refractivity contribution in [1.29, 1.82) is 0 Å². The van der Waals surface area contributed by atoms with Gasteiger partial charge < -0.3 is 14.9 Å². The molecule has 2 aliphatic heterocycles. The topological polar surface area (TPSA) is 59.9 Å². The van der Waals surface area contributed by atoms with E-state index in [0.717, 1.165) is 58.5 Å². The van der Waals surface area contributed by atoms with Gasteiger partial charge in [0.2, 0.25) is 0 Å². The quantitative estimate of drug-likeness (QED) is 0.860. The number of likely N-dealkylation sites (N-methyl/N-ethyl adjacent to an activating group) is 1. The highest BCUT2D eigenvalue weighted by Gasteiger charge is 2.35. The molecule has 138 valence electrons. The van der Waals surface area contributed by atoms with Crippen LogP contribution < -0.4 is 0 Å². The van der Waals surface area contributed by atoms with Crippen LogP contribution in [0.4, 0.5) is 0 Å². The van der Waals surface area contributed by atoms with E-state index in [-0.39, 0.29) is 12.5 Å². The Balaban J connectivity index is 1.66. The Hall–Kier alpha value is -1.50. The molecular formula is C19H30N4O2. The van der Waals surface area contributed by atoms with Gasteiger partial charge in [-0.15, -0.1) is 0 Å². The van der Waals surface area contributed by atoms with Crippen molar-refractivity contribution < 1.29 is 9.90 Å². The molecule has 1 amide bonds. The summed E-state index contributed by atoms with van der Waals surface area (Å²) < 4.78 is 0. The summed E-state index contributed by atoms with van der Waals surface area (Å²) in [4.78, 5) is 23.9. The maximum absolute atomic E-state index is 12.7. The highest BCUT2D eigenvalue weighted by Crippen LogP contribution is 2.27. The summed E-state index contributed by atoms with van der Waals surface area (Å²) in [5.41, 5.74) is 0.529. The lowest BCUT2D eigenvalue weighted by atomic mass is 9.86. The zero-order valence-corrected chi connectivity index (χ0v) is 15.2. The van der Waals surface area contributed by atoms with E-state index in [1.165, 1.54) is 0 Å². The lowest BCUT2D eigenvalue weighted by molar-refractivity contribution is 0.0215. The van der Waals surface area contributed by atoms with Gasteiger partial charge in [0.1, 0.15) is 5.69 Å². The summed E-state index contributed by atoms with van der Waals surface area (Å²) in [6.45, 7) is 6.21. The minimum atomic E-state index is 0.0337. The third-order valence-electron chi connectivity index (χ3n) is 5.60. The summed E-state index contributed by atoms with van der Waals surface area (Å²) in [7, 11) is 2.18. The number of amides is 1. The van der Waals surface area contributed by atoms with E-state index >= 15 is 0 Å². The van der Waals surface area contributed by atoms with Gasteiger partial charge in [0.05, 0.1) is 0 Å². The largest absolute Gasteiger partial charge is 0.396 e. The van der Waals surface area contributed by atoms with Crippen molar-refractivity contribution in [2.45, 2.75) is 25.3 Å². The van der Waals surface area contributed by atoms with Crippen molar-refractivity contribution in [3.05, 3.63) is 30.1 Å². The van der Waals surface area contributed by atoms with E-state index in [2.05, 4.69) is 21.8 Å². The molecule has 1 aromatic rings. The average Bonchev–Trinajstić information content (AvgIpc) is 2.67. The fourth-order valence-corrected chi connectivity index (χ4v) is 4.13. The molecule has 0 saturated carbocycles. The van der Waals surface area contributed by atoms with Crippen LogP contribution in [0.25, 0.3) is 0 Å². The first-order valence-electron chi connectivity index (χ1n) is 9.43. The van der Waals surface area contributed by atoms with Crippen LogP contribution in [0.2, 0.25) is 0 Å². The van der Waals surface area contributed by atoms with Crippen molar-refractivity contribution in [3.63, 3.8) is 0 Å². The van der Waals surface area contributed by atoms with E-state index in [4.69, 9.17) is 0 Å². The van der Waals surface area contributed by atoms with Crippen molar-refractivity contribution >= 4 is 5.91 Å². The van der Waals surface area contributed by atoms with E-state index < -0.39 is 0 Å². The zero-order valence-electron chi connectivity index (χ0n) is 15.2. The van der Waals surface area contributed by atoms with Gasteiger partial charge in [-0.2, -0.15) is 0 Å². The molecule has 6 heteroatoms. The molecule has 6 nitrogen and oxygen atoms in total. The molecule has 2 atom stereocenters. The number of piperidine rings is 1. The molecule has 1 aromatic heterocycles. The monoisotopic (exact) mass is 346 g/mol. The molecule has 0 aliphatic carbocycles. The van der Waals surface area contributed by atoms with Crippen LogP contribution in [-0.4, -0.2) is 89.7 Å². The van der Waals surface area contributed by atoms with Gasteiger partial charge in [0.15, 0.2) is 0 Å². The molecule has 3 rings (SSSR count). The van der Waals surface area contributed by atoms with Crippen molar-refractivity contribution in [1.82, 2.24) is 19.7 Å². The van der Waals surface area contributed by atoms with Gasteiger partial charge in [-0.25, -0.2) is 0 Å². The van der Waals surface area contributed by atoms with Crippen LogP contribution in [-0.2, 0) is 0 Å². The molecular weight excluding hydrogens is 316 g/mol. The molecule has 2 fully saturated rings. The van der Waals surface area contributed by atoms with E-state index in [1.807, 2.05) is 17.0 Å². The van der Waals surface area contributed by atoms with Crippen LogP contribution >= 0.6 is 0 Å². The number of carbonyl (C=O) groups is 1. The first-order chi connectivity index (χ1) is 12.2. The van der Waals surface area contributed by atoms with Crippen molar-refractivity contribution in [2.24, 2.45) is 5.92 Å². The molecule has 3 heterocycles. The number of aromatic nitrogens is 1. The van der Waals surface area contributed by atoms with E-state index in [9.17, 15) is 9.90 Å². The predicted octanol–water partition coefficient (Wildman–Crippen LogP) is 0.932. The number of rotatable bonds is 5. The van der Waals surface area contributed by atoms with Crippen molar-refractivity contribution in [3.8, 4) is 0 Å². The van der Waals surface area contributed by atoms with Gasteiger partial charge in [0, 0.05) is 58.1 Å². The third-order valence-corrected chi connectivity index (χ3v) is 5.60. The minimum absolute atomic E-state index is 0.0337. The van der Waals surface area contributed by atoms with Crippen LogP contribution in [0.15, 0.2) is 24.4 Å². The second kappa shape index (κ2) is 8.74. The Morgan fingerprint density at radius 1 is 1.24 bits per heavy atom. The summed E-state index contributed by atoms with van der Waals surface area (Å²) in [6.07, 6.45) is 4.46. The normalized spacial score (nSPS) is 25.9. The molecule has 2 unspecified atom stereocenters. The van der Waals surface area contributed by atoms with Gasteiger partial charge in [-0.05, 0) is 44.4 Å². The molecule has 0 aromatic carbocycles. The van der Waals surface area contributed by atoms with Crippen LogP contribution in [0.5, 0.6) is 0 Å². The van der Waals surface area contributed by atoms with Crippen molar-refractivity contribution in [2.75, 3.05) is 52.9 Å². The second-order valence-electron chi connectivity index (χ2n) is 7.29. The number of piperazine rings is 1. The number of pyridine rings is 1. The summed E-state index contributed by atoms with van der Waals surface area (Å²) in [5.74, 6) is 0.461. The Bertz CT molecular complexity index is 546. The van der Waals surface area contributed by atoms with Gasteiger partial charge in [0.25, 0.3) is 5.91 Å². The highest BCUT2D eigenvalue weighted by molar-refractivity contribution is 5.92. The van der Waals surface area contributed by atoms with E-state index in [0.29, 0.717) is 17.7 Å². The SMILES string of the molecule is CN1CCN(C2CCN(C(=O)c3ccccn3)CC2CCCO)CC1. The minimum Gasteiger partial charge on any atom is -0.396 e. The maximum Gasteiger partial charge on any atom is 0.272 e. The molecule has 0 radical (unpaired) electrons. The standard InChI is InChI=1S/C19H30N4O2/c1-21-10-12-22(13-11-21)18-7-9-23(15-16(18)5-4-14-24)19(25)17-6-2-3-8-20-17/h2-3,6,8,16,18,24H,4-5,7,9-15H2,1H3. The third kappa shape index (κ3) is 4.57. The average molecular weight is 346 g/mol. The molecule has 1 N–H and O–H groups in total. The number of hydrogen-bond acceptors (Lipinski definition) is 5. The van der Waals surface area contributed by atoms with Crippen LogP contribution in [0.3, 0.4) is 0 Å². The lowest BCUT2D eigenvalue weighted by Gasteiger charge is -2.46. The summed E-state index contributed by atoms with van der Waals surface area (Å²) >= 11 is 0.